The van der Waals surface area contributed by atoms with Gasteiger partial charge in [0.25, 0.3) is 0 Å². The third-order valence-corrected chi connectivity index (χ3v) is 3.65. The molecule has 0 fully saturated rings. The van der Waals surface area contributed by atoms with Gasteiger partial charge in [-0.2, -0.15) is 0 Å². The number of amides is 1. The van der Waals surface area contributed by atoms with Gasteiger partial charge in [0.15, 0.2) is 6.29 Å². The van der Waals surface area contributed by atoms with Crippen LogP contribution in [0.4, 0.5) is 4.39 Å². The highest BCUT2D eigenvalue weighted by atomic mass is 19.1. The molecule has 0 aliphatic heterocycles. The molecular weight excluding hydrogens is 295 g/mol. The molecule has 3 aromatic rings. The zero-order valence-corrected chi connectivity index (χ0v) is 12.3. The number of rotatable bonds is 5. The Bertz CT molecular complexity index is 856. The van der Waals surface area contributed by atoms with Crippen molar-refractivity contribution in [1.29, 1.82) is 0 Å². The Labute approximate surface area is 132 Å². The molecule has 0 saturated heterocycles. The topological polar surface area (TPSA) is 51.1 Å². The van der Waals surface area contributed by atoms with E-state index in [-0.39, 0.29) is 12.5 Å². The van der Waals surface area contributed by atoms with E-state index >= 15 is 0 Å². The van der Waals surface area contributed by atoms with Crippen molar-refractivity contribution in [3.05, 3.63) is 71.7 Å². The molecule has 0 bridgehead atoms. The second-order valence-electron chi connectivity index (χ2n) is 5.25. The van der Waals surface area contributed by atoms with Gasteiger partial charge in [-0.1, -0.05) is 30.3 Å². The number of nitrogens with zero attached hydrogens (tertiary/aromatic N) is 1. The zero-order chi connectivity index (χ0) is 16.2. The van der Waals surface area contributed by atoms with Crippen molar-refractivity contribution >= 4 is 23.1 Å². The maximum Gasteiger partial charge on any atom is 0.240 e. The molecule has 1 amide bonds. The lowest BCUT2D eigenvalue weighted by Crippen LogP contribution is -2.26. The van der Waals surface area contributed by atoms with Crippen molar-refractivity contribution in [3.8, 4) is 0 Å². The Balaban J connectivity index is 1.76. The van der Waals surface area contributed by atoms with Gasteiger partial charge in [0.1, 0.15) is 12.4 Å². The van der Waals surface area contributed by atoms with Crippen LogP contribution in [0.2, 0.25) is 0 Å². The molecule has 23 heavy (non-hydrogen) atoms. The Morgan fingerprint density at radius 1 is 1.17 bits per heavy atom. The first-order chi connectivity index (χ1) is 11.2. The number of benzene rings is 2. The van der Waals surface area contributed by atoms with Gasteiger partial charge >= 0.3 is 0 Å². The van der Waals surface area contributed by atoms with Crippen molar-refractivity contribution in [2.24, 2.45) is 0 Å². The molecule has 0 radical (unpaired) electrons. The van der Waals surface area contributed by atoms with Gasteiger partial charge in [-0.15, -0.1) is 0 Å². The first-order valence-corrected chi connectivity index (χ1v) is 7.21. The minimum Gasteiger partial charge on any atom is -0.350 e. The van der Waals surface area contributed by atoms with Gasteiger partial charge in [-0.05, 0) is 23.8 Å². The third-order valence-electron chi connectivity index (χ3n) is 3.65. The number of carbonyl (C=O) groups excluding carboxylic acids is 2. The molecule has 1 heterocycles. The van der Waals surface area contributed by atoms with E-state index in [0.29, 0.717) is 29.3 Å². The fraction of sp³-hybridized carbons (Fsp3) is 0.111. The van der Waals surface area contributed by atoms with Gasteiger partial charge in [0, 0.05) is 29.2 Å². The van der Waals surface area contributed by atoms with Gasteiger partial charge in [-0.25, -0.2) is 4.39 Å². The van der Waals surface area contributed by atoms with Crippen LogP contribution < -0.4 is 5.32 Å². The Hall–Kier alpha value is -2.95. The highest BCUT2D eigenvalue weighted by Crippen LogP contribution is 2.21. The summed E-state index contributed by atoms with van der Waals surface area (Å²) in [5, 5.41) is 3.34. The number of hydrogen-bond donors (Lipinski definition) is 1. The van der Waals surface area contributed by atoms with Crippen molar-refractivity contribution < 1.29 is 14.0 Å². The second-order valence-corrected chi connectivity index (χ2v) is 5.25. The largest absolute Gasteiger partial charge is 0.350 e. The summed E-state index contributed by atoms with van der Waals surface area (Å²) in [5.41, 5.74) is 2.03. The Morgan fingerprint density at radius 3 is 2.70 bits per heavy atom. The average Bonchev–Trinajstić information content (AvgIpc) is 2.91. The van der Waals surface area contributed by atoms with Gasteiger partial charge in [0.05, 0.1) is 0 Å². The molecule has 116 valence electrons. The number of aldehydes is 1. The van der Waals surface area contributed by atoms with E-state index in [0.717, 1.165) is 5.56 Å². The maximum atomic E-state index is 13.3. The lowest BCUT2D eigenvalue weighted by atomic mass is 10.2. The fourth-order valence-corrected chi connectivity index (χ4v) is 2.53. The number of halogens is 1. The van der Waals surface area contributed by atoms with Gasteiger partial charge < -0.3 is 9.88 Å². The molecule has 0 spiro atoms. The van der Waals surface area contributed by atoms with E-state index in [1.165, 1.54) is 12.1 Å². The molecule has 3 rings (SSSR count). The minimum atomic E-state index is -0.410. The maximum absolute atomic E-state index is 13.3. The summed E-state index contributed by atoms with van der Waals surface area (Å²) in [5.74, 6) is -0.584. The molecule has 0 aliphatic rings. The van der Waals surface area contributed by atoms with Gasteiger partial charge in [0.2, 0.25) is 5.91 Å². The summed E-state index contributed by atoms with van der Waals surface area (Å²) in [6.07, 6.45) is 2.24. The monoisotopic (exact) mass is 310 g/mol. The van der Waals surface area contributed by atoms with Gasteiger partial charge in [-0.3, -0.25) is 9.59 Å². The van der Waals surface area contributed by atoms with Crippen molar-refractivity contribution in [2.75, 3.05) is 0 Å². The van der Waals surface area contributed by atoms with Crippen LogP contribution in [0.5, 0.6) is 0 Å². The third kappa shape index (κ3) is 3.29. The molecule has 5 heteroatoms. The van der Waals surface area contributed by atoms with Crippen LogP contribution in [0, 0.1) is 5.82 Å². The molecule has 0 atom stereocenters. The van der Waals surface area contributed by atoms with E-state index in [1.807, 2.05) is 30.3 Å². The highest BCUT2D eigenvalue weighted by molar-refractivity contribution is 5.98. The van der Waals surface area contributed by atoms with Crippen LogP contribution in [0.3, 0.4) is 0 Å². The van der Waals surface area contributed by atoms with E-state index in [2.05, 4.69) is 5.32 Å². The molecule has 0 aliphatic carbocycles. The standard InChI is InChI=1S/C18H15FN2O2/c19-15-6-7-17-16(8-15)14(12-22)10-21(17)11-18(23)20-9-13-4-2-1-3-5-13/h1-8,10,12H,9,11H2,(H,20,23). The normalized spacial score (nSPS) is 10.7. The van der Waals surface area contributed by atoms with Crippen LogP contribution in [0.25, 0.3) is 10.9 Å². The van der Waals surface area contributed by atoms with E-state index in [4.69, 9.17) is 0 Å². The van der Waals surface area contributed by atoms with Crippen LogP contribution in [0.15, 0.2) is 54.7 Å². The van der Waals surface area contributed by atoms with Crippen molar-refractivity contribution in [1.82, 2.24) is 9.88 Å². The Kier molecular flexibility index (Phi) is 4.19. The number of carbonyl (C=O) groups is 2. The summed E-state index contributed by atoms with van der Waals surface area (Å²) in [6.45, 7) is 0.511. The number of fused-ring (bicyclic) bond motifs is 1. The SMILES string of the molecule is O=Cc1cn(CC(=O)NCc2ccccc2)c2ccc(F)cc12. The first-order valence-electron chi connectivity index (χ1n) is 7.21. The molecule has 0 saturated carbocycles. The molecule has 4 nitrogen and oxygen atoms in total. The molecular formula is C18H15FN2O2. The van der Waals surface area contributed by atoms with Crippen LogP contribution in [0.1, 0.15) is 15.9 Å². The predicted octanol–water partition coefficient (Wildman–Crippen LogP) is 2.91. The number of aromatic nitrogens is 1. The quantitative estimate of drug-likeness (QED) is 0.737. The highest BCUT2D eigenvalue weighted by Gasteiger charge is 2.11. The molecule has 1 aromatic heterocycles. The minimum absolute atomic E-state index is 0.0722. The summed E-state index contributed by atoms with van der Waals surface area (Å²) in [7, 11) is 0. The van der Waals surface area contributed by atoms with Crippen LogP contribution in [-0.4, -0.2) is 16.8 Å². The average molecular weight is 310 g/mol. The van der Waals surface area contributed by atoms with Crippen molar-refractivity contribution in [2.45, 2.75) is 13.1 Å². The van der Waals surface area contributed by atoms with E-state index < -0.39 is 5.82 Å². The summed E-state index contributed by atoms with van der Waals surface area (Å²) >= 11 is 0. The number of hydrogen-bond acceptors (Lipinski definition) is 2. The summed E-state index contributed by atoms with van der Waals surface area (Å²) < 4.78 is 15.0. The molecule has 2 aromatic carbocycles. The van der Waals surface area contributed by atoms with E-state index in [9.17, 15) is 14.0 Å². The number of nitrogens with one attached hydrogen (secondary N) is 1. The Morgan fingerprint density at radius 2 is 1.96 bits per heavy atom. The lowest BCUT2D eigenvalue weighted by molar-refractivity contribution is -0.121. The summed E-state index contributed by atoms with van der Waals surface area (Å²) in [6, 6.07) is 13.8. The smallest absolute Gasteiger partial charge is 0.240 e. The zero-order valence-electron chi connectivity index (χ0n) is 12.3. The fourth-order valence-electron chi connectivity index (χ4n) is 2.53. The molecule has 0 unspecified atom stereocenters. The summed E-state index contributed by atoms with van der Waals surface area (Å²) in [4.78, 5) is 23.2. The first kappa shape index (κ1) is 15.0. The predicted molar refractivity (Wildman–Crippen MR) is 85.6 cm³/mol. The van der Waals surface area contributed by atoms with Crippen molar-refractivity contribution in [3.63, 3.8) is 0 Å². The second kappa shape index (κ2) is 6.44. The van der Waals surface area contributed by atoms with Crippen LogP contribution >= 0.6 is 0 Å². The molecule has 1 N–H and O–H groups in total. The van der Waals surface area contributed by atoms with Crippen LogP contribution in [-0.2, 0) is 17.9 Å². The van der Waals surface area contributed by atoms with E-state index in [1.54, 1.807) is 16.8 Å². The lowest BCUT2D eigenvalue weighted by Gasteiger charge is -2.07.